The van der Waals surface area contributed by atoms with Gasteiger partial charge in [-0.25, -0.2) is 0 Å². The molecule has 1 aromatic rings. The van der Waals surface area contributed by atoms with Crippen molar-refractivity contribution in [3.63, 3.8) is 0 Å². The summed E-state index contributed by atoms with van der Waals surface area (Å²) in [6.45, 7) is 0.706. The van der Waals surface area contributed by atoms with E-state index in [2.05, 4.69) is 46.9 Å². The Morgan fingerprint density at radius 3 is 3.17 bits per heavy atom. The van der Waals surface area contributed by atoms with E-state index in [1.165, 1.54) is 11.1 Å². The van der Waals surface area contributed by atoms with Gasteiger partial charge in [-0.2, -0.15) is 0 Å². The minimum absolute atomic E-state index is 0.706. The lowest BCUT2D eigenvalue weighted by Gasteiger charge is -2.12. The molecule has 0 bridgehead atoms. The van der Waals surface area contributed by atoms with E-state index in [0.717, 1.165) is 10.2 Å². The van der Waals surface area contributed by atoms with E-state index in [-0.39, 0.29) is 0 Å². The summed E-state index contributed by atoms with van der Waals surface area (Å²) < 4.78 is 6.52. The Kier molecular flexibility index (Phi) is 2.35. The summed E-state index contributed by atoms with van der Waals surface area (Å²) in [4.78, 5) is 0. The van der Waals surface area contributed by atoms with Gasteiger partial charge in [-0.15, -0.1) is 0 Å². The van der Waals surface area contributed by atoms with Crippen LogP contribution in [0.5, 0.6) is 5.75 Å². The molecule has 1 aliphatic rings. The van der Waals surface area contributed by atoms with Crippen molar-refractivity contribution in [2.24, 2.45) is 0 Å². The zero-order valence-corrected chi connectivity index (χ0v) is 8.74. The van der Waals surface area contributed by atoms with Gasteiger partial charge in [-0.05, 0) is 17.7 Å². The second-order valence-electron chi connectivity index (χ2n) is 2.72. The van der Waals surface area contributed by atoms with Gasteiger partial charge in [0.1, 0.15) is 12.4 Å². The molecule has 0 unspecified atom stereocenters. The molecule has 1 aliphatic heterocycles. The molecule has 1 aromatic carbocycles. The molecule has 0 saturated carbocycles. The van der Waals surface area contributed by atoms with Crippen LogP contribution in [-0.2, 0) is 4.43 Å². The van der Waals surface area contributed by atoms with Crippen molar-refractivity contribution in [1.29, 1.82) is 0 Å². The number of benzene rings is 1. The lowest BCUT2D eigenvalue weighted by Crippen LogP contribution is -2.00. The SMILES string of the molecule is ICc1ccc2c(c1)OCC=C2. The lowest BCUT2D eigenvalue weighted by molar-refractivity contribution is 0.358. The first kappa shape index (κ1) is 8.10. The fourth-order valence-electron chi connectivity index (χ4n) is 1.24. The van der Waals surface area contributed by atoms with Crippen molar-refractivity contribution in [1.82, 2.24) is 0 Å². The highest BCUT2D eigenvalue weighted by Crippen LogP contribution is 2.25. The Hall–Kier alpha value is -0.510. The molecule has 0 N–H and O–H groups in total. The van der Waals surface area contributed by atoms with Gasteiger partial charge in [-0.1, -0.05) is 40.8 Å². The second kappa shape index (κ2) is 3.47. The molecule has 0 atom stereocenters. The van der Waals surface area contributed by atoms with Crippen LogP contribution in [0.2, 0.25) is 0 Å². The maximum Gasteiger partial charge on any atom is 0.127 e. The van der Waals surface area contributed by atoms with Gasteiger partial charge in [0, 0.05) is 9.99 Å². The smallest absolute Gasteiger partial charge is 0.127 e. The average Bonchev–Trinajstić information content (AvgIpc) is 2.17. The molecular weight excluding hydrogens is 263 g/mol. The van der Waals surface area contributed by atoms with Crippen LogP contribution < -0.4 is 4.74 Å². The average molecular weight is 272 g/mol. The molecule has 0 spiro atoms. The molecule has 0 aromatic heterocycles. The normalized spacial score (nSPS) is 13.8. The molecule has 1 nitrogen and oxygen atoms in total. The number of hydrogen-bond donors (Lipinski definition) is 0. The summed E-state index contributed by atoms with van der Waals surface area (Å²) in [6, 6.07) is 6.37. The maximum atomic E-state index is 5.48. The predicted molar refractivity (Wildman–Crippen MR) is 58.7 cm³/mol. The van der Waals surface area contributed by atoms with Crippen molar-refractivity contribution in [3.05, 3.63) is 35.4 Å². The van der Waals surface area contributed by atoms with Gasteiger partial charge in [0.25, 0.3) is 0 Å². The summed E-state index contributed by atoms with van der Waals surface area (Å²) >= 11 is 2.35. The zero-order valence-electron chi connectivity index (χ0n) is 6.59. The first-order valence-corrected chi connectivity index (χ1v) is 5.41. The monoisotopic (exact) mass is 272 g/mol. The van der Waals surface area contributed by atoms with Gasteiger partial charge in [0.15, 0.2) is 0 Å². The maximum absolute atomic E-state index is 5.48. The first-order chi connectivity index (χ1) is 5.90. The second-order valence-corrected chi connectivity index (χ2v) is 3.48. The molecule has 2 rings (SSSR count). The van der Waals surface area contributed by atoms with E-state index in [9.17, 15) is 0 Å². The summed E-state index contributed by atoms with van der Waals surface area (Å²) in [7, 11) is 0. The molecule has 12 heavy (non-hydrogen) atoms. The molecule has 1 heterocycles. The first-order valence-electron chi connectivity index (χ1n) is 3.88. The standard InChI is InChI=1S/C10H9IO/c11-7-8-3-4-9-2-1-5-12-10(9)6-8/h1-4,6H,5,7H2. The fourth-order valence-corrected chi connectivity index (χ4v) is 1.71. The van der Waals surface area contributed by atoms with Gasteiger partial charge >= 0.3 is 0 Å². The highest BCUT2D eigenvalue weighted by atomic mass is 127. The van der Waals surface area contributed by atoms with E-state index in [0.29, 0.717) is 6.61 Å². The van der Waals surface area contributed by atoms with Crippen LogP contribution in [0.1, 0.15) is 11.1 Å². The van der Waals surface area contributed by atoms with Gasteiger partial charge in [0.05, 0.1) is 0 Å². The largest absolute Gasteiger partial charge is 0.489 e. The van der Waals surface area contributed by atoms with Crippen LogP contribution >= 0.6 is 22.6 Å². The Bertz CT molecular complexity index is 318. The Morgan fingerprint density at radius 2 is 2.33 bits per heavy atom. The highest BCUT2D eigenvalue weighted by Gasteiger charge is 2.04. The quantitative estimate of drug-likeness (QED) is 0.564. The topological polar surface area (TPSA) is 9.23 Å². The van der Waals surface area contributed by atoms with Gasteiger partial charge in [0.2, 0.25) is 0 Å². The van der Waals surface area contributed by atoms with Gasteiger partial charge < -0.3 is 4.74 Å². The third-order valence-corrected chi connectivity index (χ3v) is 2.75. The number of halogens is 1. The summed E-state index contributed by atoms with van der Waals surface area (Å²) in [5.74, 6) is 1.02. The minimum Gasteiger partial charge on any atom is -0.489 e. The lowest BCUT2D eigenvalue weighted by atomic mass is 10.1. The summed E-state index contributed by atoms with van der Waals surface area (Å²) in [5, 5.41) is 0. The Morgan fingerprint density at radius 1 is 1.42 bits per heavy atom. The Labute approximate surface area is 85.6 Å². The predicted octanol–water partition coefficient (Wildman–Crippen LogP) is 3.03. The van der Waals surface area contributed by atoms with Crippen molar-refractivity contribution in [2.75, 3.05) is 6.61 Å². The summed E-state index contributed by atoms with van der Waals surface area (Å²) in [5.41, 5.74) is 2.51. The molecule has 0 aliphatic carbocycles. The molecule has 0 fully saturated rings. The number of ether oxygens (including phenoxy) is 1. The van der Waals surface area contributed by atoms with E-state index in [1.54, 1.807) is 0 Å². The molecule has 0 radical (unpaired) electrons. The number of hydrogen-bond acceptors (Lipinski definition) is 1. The van der Waals surface area contributed by atoms with E-state index in [1.807, 2.05) is 6.08 Å². The fraction of sp³-hybridized carbons (Fsp3) is 0.200. The third kappa shape index (κ3) is 1.48. The summed E-state index contributed by atoms with van der Waals surface area (Å²) in [6.07, 6.45) is 4.14. The third-order valence-electron chi connectivity index (χ3n) is 1.86. The van der Waals surface area contributed by atoms with Crippen molar-refractivity contribution < 1.29 is 4.74 Å². The van der Waals surface area contributed by atoms with Crippen molar-refractivity contribution >= 4 is 28.7 Å². The van der Waals surface area contributed by atoms with Crippen LogP contribution in [-0.4, -0.2) is 6.61 Å². The zero-order chi connectivity index (χ0) is 8.39. The number of alkyl halides is 1. The minimum atomic E-state index is 0.706. The van der Waals surface area contributed by atoms with E-state index >= 15 is 0 Å². The van der Waals surface area contributed by atoms with Crippen molar-refractivity contribution in [3.8, 4) is 5.75 Å². The van der Waals surface area contributed by atoms with Crippen LogP contribution in [0.3, 0.4) is 0 Å². The van der Waals surface area contributed by atoms with Crippen molar-refractivity contribution in [2.45, 2.75) is 4.43 Å². The van der Waals surface area contributed by atoms with E-state index < -0.39 is 0 Å². The van der Waals surface area contributed by atoms with Crippen LogP contribution in [0.15, 0.2) is 24.3 Å². The molecule has 62 valence electrons. The molecule has 0 amide bonds. The van der Waals surface area contributed by atoms with Crippen LogP contribution in [0.4, 0.5) is 0 Å². The highest BCUT2D eigenvalue weighted by molar-refractivity contribution is 14.1. The van der Waals surface area contributed by atoms with Crippen LogP contribution in [0.25, 0.3) is 6.08 Å². The molecular formula is C10H9IO. The number of fused-ring (bicyclic) bond motifs is 1. The number of rotatable bonds is 1. The molecule has 0 saturated heterocycles. The molecule has 2 heteroatoms. The Balaban J connectivity index is 2.44. The van der Waals surface area contributed by atoms with Gasteiger partial charge in [-0.3, -0.25) is 0 Å². The van der Waals surface area contributed by atoms with E-state index in [4.69, 9.17) is 4.74 Å². The van der Waals surface area contributed by atoms with Crippen LogP contribution in [0, 0.1) is 0 Å².